The maximum atomic E-state index is 11.5. The van der Waals surface area contributed by atoms with Gasteiger partial charge in [-0.1, -0.05) is 18.2 Å². The Labute approximate surface area is 117 Å². The maximum Gasteiger partial charge on any atom is 0.247 e. The van der Waals surface area contributed by atoms with E-state index in [4.69, 9.17) is 0 Å². The molecule has 0 unspecified atom stereocenters. The molecule has 1 amide bonds. The molecule has 20 heavy (non-hydrogen) atoms. The van der Waals surface area contributed by atoms with Crippen LogP contribution in [-0.4, -0.2) is 21.1 Å². The first-order valence-corrected chi connectivity index (χ1v) is 6.64. The van der Waals surface area contributed by atoms with Crippen LogP contribution in [0.2, 0.25) is 0 Å². The summed E-state index contributed by atoms with van der Waals surface area (Å²) in [5.41, 5.74) is 2.61. The highest BCUT2D eigenvalue weighted by molar-refractivity contribution is 6.01. The van der Waals surface area contributed by atoms with Crippen molar-refractivity contribution in [1.82, 2.24) is 15.2 Å². The van der Waals surface area contributed by atoms with Crippen LogP contribution >= 0.6 is 0 Å². The van der Waals surface area contributed by atoms with Gasteiger partial charge in [-0.3, -0.25) is 9.89 Å². The number of carbonyl (C=O) groups is 1. The lowest BCUT2D eigenvalue weighted by molar-refractivity contribution is -0.111. The first kappa shape index (κ1) is 12.6. The average Bonchev–Trinajstić information content (AvgIpc) is 3.18. The van der Waals surface area contributed by atoms with E-state index in [1.54, 1.807) is 0 Å². The summed E-state index contributed by atoms with van der Waals surface area (Å²) in [6.07, 6.45) is 3.59. The van der Waals surface area contributed by atoms with Crippen LogP contribution in [0.25, 0.3) is 11.4 Å². The smallest absolute Gasteiger partial charge is 0.247 e. The molecule has 0 aliphatic heterocycles. The number of aryl methyl sites for hydroxylation is 1. The predicted molar refractivity (Wildman–Crippen MR) is 77.4 cm³/mol. The van der Waals surface area contributed by atoms with Crippen LogP contribution in [0.3, 0.4) is 0 Å². The molecule has 5 heteroatoms. The third-order valence-electron chi connectivity index (χ3n) is 3.33. The van der Waals surface area contributed by atoms with Crippen molar-refractivity contribution in [3.63, 3.8) is 0 Å². The number of carbonyl (C=O) groups excluding carboxylic acids is 1. The van der Waals surface area contributed by atoms with Crippen LogP contribution in [0.4, 0.5) is 5.69 Å². The summed E-state index contributed by atoms with van der Waals surface area (Å²) in [7, 11) is 0. The average molecular weight is 268 g/mol. The van der Waals surface area contributed by atoms with E-state index >= 15 is 0 Å². The van der Waals surface area contributed by atoms with Crippen molar-refractivity contribution in [2.24, 2.45) is 0 Å². The predicted octanol–water partition coefficient (Wildman–Crippen LogP) is 2.78. The molecule has 1 aromatic carbocycles. The molecular formula is C15H16N4O. The van der Waals surface area contributed by atoms with Gasteiger partial charge in [0.15, 0.2) is 5.82 Å². The standard InChI is InChI=1S/C15H16N4O/c1-3-13(20)16-12-7-4-9(2)8-11(12)15-17-14(18-19-15)10-5-6-10/h3-4,7-8,10H,1,5-6H2,2H3,(H,16,20)(H,17,18,19). The van der Waals surface area contributed by atoms with Gasteiger partial charge in [0, 0.05) is 11.5 Å². The fraction of sp³-hybridized carbons (Fsp3) is 0.267. The Morgan fingerprint density at radius 3 is 3.00 bits per heavy atom. The van der Waals surface area contributed by atoms with Gasteiger partial charge in [0.2, 0.25) is 5.91 Å². The van der Waals surface area contributed by atoms with Crippen molar-refractivity contribution < 1.29 is 4.79 Å². The van der Waals surface area contributed by atoms with Gasteiger partial charge in [-0.2, -0.15) is 5.10 Å². The Bertz CT molecular complexity index is 670. The highest BCUT2D eigenvalue weighted by Crippen LogP contribution is 2.38. The van der Waals surface area contributed by atoms with E-state index in [1.165, 1.54) is 18.9 Å². The molecule has 5 nitrogen and oxygen atoms in total. The van der Waals surface area contributed by atoms with Gasteiger partial charge in [0.05, 0.1) is 5.69 Å². The zero-order valence-corrected chi connectivity index (χ0v) is 11.3. The van der Waals surface area contributed by atoms with E-state index in [1.807, 2.05) is 25.1 Å². The van der Waals surface area contributed by atoms with Crippen molar-refractivity contribution >= 4 is 11.6 Å². The minimum absolute atomic E-state index is 0.243. The van der Waals surface area contributed by atoms with E-state index in [2.05, 4.69) is 27.1 Å². The number of nitrogens with one attached hydrogen (secondary N) is 2. The number of aromatic nitrogens is 3. The van der Waals surface area contributed by atoms with E-state index < -0.39 is 0 Å². The quantitative estimate of drug-likeness (QED) is 0.838. The molecule has 1 fully saturated rings. The zero-order chi connectivity index (χ0) is 14.1. The van der Waals surface area contributed by atoms with Crippen molar-refractivity contribution in [2.75, 3.05) is 5.32 Å². The molecule has 3 rings (SSSR count). The minimum Gasteiger partial charge on any atom is -0.322 e. The van der Waals surface area contributed by atoms with Gasteiger partial charge in [-0.05, 0) is 38.0 Å². The number of nitrogens with zero attached hydrogens (tertiary/aromatic N) is 2. The largest absolute Gasteiger partial charge is 0.322 e. The summed E-state index contributed by atoms with van der Waals surface area (Å²) in [5, 5.41) is 10.0. The summed E-state index contributed by atoms with van der Waals surface area (Å²) in [6.45, 7) is 5.46. The number of H-pyrrole nitrogens is 1. The lowest BCUT2D eigenvalue weighted by Gasteiger charge is -2.08. The molecule has 0 spiro atoms. The van der Waals surface area contributed by atoms with Crippen molar-refractivity contribution in [3.8, 4) is 11.4 Å². The molecule has 1 aromatic heterocycles. The number of benzene rings is 1. The number of hydrogen-bond donors (Lipinski definition) is 2. The van der Waals surface area contributed by atoms with Gasteiger partial charge in [-0.15, -0.1) is 0 Å². The topological polar surface area (TPSA) is 70.7 Å². The first-order valence-electron chi connectivity index (χ1n) is 6.64. The number of aromatic amines is 1. The zero-order valence-electron chi connectivity index (χ0n) is 11.3. The van der Waals surface area contributed by atoms with Crippen LogP contribution < -0.4 is 5.32 Å². The van der Waals surface area contributed by atoms with Gasteiger partial charge in [0.1, 0.15) is 5.82 Å². The summed E-state index contributed by atoms with van der Waals surface area (Å²) in [6, 6.07) is 5.77. The highest BCUT2D eigenvalue weighted by atomic mass is 16.1. The Kier molecular flexibility index (Phi) is 3.10. The highest BCUT2D eigenvalue weighted by Gasteiger charge is 2.27. The summed E-state index contributed by atoms with van der Waals surface area (Å²) < 4.78 is 0. The third kappa shape index (κ3) is 2.47. The number of rotatable bonds is 4. The minimum atomic E-state index is -0.243. The fourth-order valence-electron chi connectivity index (χ4n) is 2.07. The molecule has 1 saturated carbocycles. The number of anilines is 1. The fourth-order valence-corrected chi connectivity index (χ4v) is 2.07. The Hall–Kier alpha value is -2.43. The van der Waals surface area contributed by atoms with Crippen LogP contribution in [0.1, 0.15) is 30.1 Å². The molecule has 0 radical (unpaired) electrons. The van der Waals surface area contributed by atoms with Crippen LogP contribution in [0.15, 0.2) is 30.9 Å². The van der Waals surface area contributed by atoms with Gasteiger partial charge >= 0.3 is 0 Å². The summed E-state index contributed by atoms with van der Waals surface area (Å²) in [4.78, 5) is 16.0. The molecule has 1 aliphatic carbocycles. The molecular weight excluding hydrogens is 252 g/mol. The number of hydrogen-bond acceptors (Lipinski definition) is 3. The van der Waals surface area contributed by atoms with Crippen molar-refractivity contribution in [1.29, 1.82) is 0 Å². The second kappa shape index (κ2) is 4.92. The third-order valence-corrected chi connectivity index (χ3v) is 3.33. The van der Waals surface area contributed by atoms with Gasteiger partial charge < -0.3 is 5.32 Å². The lowest BCUT2D eigenvalue weighted by atomic mass is 10.1. The van der Waals surface area contributed by atoms with E-state index in [9.17, 15) is 4.79 Å². The molecule has 0 saturated heterocycles. The van der Waals surface area contributed by atoms with Gasteiger partial charge in [0.25, 0.3) is 0 Å². The normalized spacial score (nSPS) is 14.1. The maximum absolute atomic E-state index is 11.5. The second-order valence-electron chi connectivity index (χ2n) is 5.06. The Balaban J connectivity index is 1.98. The number of amides is 1. The second-order valence-corrected chi connectivity index (χ2v) is 5.06. The van der Waals surface area contributed by atoms with E-state index in [0.717, 1.165) is 17.0 Å². The van der Waals surface area contributed by atoms with E-state index in [0.29, 0.717) is 17.4 Å². The summed E-state index contributed by atoms with van der Waals surface area (Å²) in [5.74, 6) is 1.83. The van der Waals surface area contributed by atoms with Crippen molar-refractivity contribution in [2.45, 2.75) is 25.7 Å². The van der Waals surface area contributed by atoms with Crippen molar-refractivity contribution in [3.05, 3.63) is 42.2 Å². The molecule has 102 valence electrons. The lowest BCUT2D eigenvalue weighted by Crippen LogP contribution is -2.08. The Morgan fingerprint density at radius 1 is 1.50 bits per heavy atom. The molecule has 0 bridgehead atoms. The monoisotopic (exact) mass is 268 g/mol. The molecule has 1 heterocycles. The van der Waals surface area contributed by atoms with Crippen LogP contribution in [0, 0.1) is 6.92 Å². The van der Waals surface area contributed by atoms with Gasteiger partial charge in [-0.25, -0.2) is 4.98 Å². The molecule has 0 atom stereocenters. The summed E-state index contributed by atoms with van der Waals surface area (Å²) >= 11 is 0. The molecule has 2 aromatic rings. The van der Waals surface area contributed by atoms with Crippen LogP contribution in [0.5, 0.6) is 0 Å². The van der Waals surface area contributed by atoms with E-state index in [-0.39, 0.29) is 5.91 Å². The Morgan fingerprint density at radius 2 is 2.30 bits per heavy atom. The molecule has 2 N–H and O–H groups in total. The molecule has 1 aliphatic rings. The SMILES string of the molecule is C=CC(=O)Nc1ccc(C)cc1-c1n[nH]c(C2CC2)n1. The van der Waals surface area contributed by atoms with Crippen LogP contribution in [-0.2, 0) is 4.79 Å². The first-order chi connectivity index (χ1) is 9.67.